The van der Waals surface area contributed by atoms with Crippen LogP contribution < -0.4 is 5.32 Å². The fraction of sp³-hybridized carbons (Fsp3) is 0.111. The molecule has 0 atom stereocenters. The van der Waals surface area contributed by atoms with Crippen molar-refractivity contribution in [3.63, 3.8) is 0 Å². The van der Waals surface area contributed by atoms with Gasteiger partial charge in [-0.1, -0.05) is 18.2 Å². The van der Waals surface area contributed by atoms with E-state index in [1.165, 1.54) is 6.07 Å². The number of fused-ring (bicyclic) bond motifs is 1. The molecule has 3 nitrogen and oxygen atoms in total. The molecule has 24 heavy (non-hydrogen) atoms. The average molecular weight is 349 g/mol. The number of nitrogens with one attached hydrogen (secondary N) is 1. The second-order valence-electron chi connectivity index (χ2n) is 5.30. The summed E-state index contributed by atoms with van der Waals surface area (Å²) in [5.41, 5.74) is 2.83. The summed E-state index contributed by atoms with van der Waals surface area (Å²) in [6.07, 6.45) is 0. The van der Waals surface area contributed by atoms with Crippen LogP contribution in [0.3, 0.4) is 0 Å². The fourth-order valence-electron chi connectivity index (χ4n) is 2.63. The molecule has 124 valence electrons. The van der Waals surface area contributed by atoms with Crippen molar-refractivity contribution < 1.29 is 13.6 Å². The van der Waals surface area contributed by atoms with E-state index in [0.717, 1.165) is 28.6 Å². The van der Waals surface area contributed by atoms with Gasteiger partial charge in [-0.25, -0.2) is 8.78 Å². The first-order valence-corrected chi connectivity index (χ1v) is 7.09. The molecule has 1 heterocycles. The minimum atomic E-state index is -1.01. The maximum absolute atomic E-state index is 13.3. The molecule has 3 rings (SSSR count). The molecule has 0 aliphatic rings. The van der Waals surface area contributed by atoms with Crippen LogP contribution in [0, 0.1) is 25.5 Å². The molecule has 0 saturated heterocycles. The number of anilines is 1. The molecule has 3 aromatic rings. The summed E-state index contributed by atoms with van der Waals surface area (Å²) in [6, 6.07) is 10.8. The monoisotopic (exact) mass is 348 g/mol. The van der Waals surface area contributed by atoms with Gasteiger partial charge in [-0.3, -0.25) is 9.78 Å². The van der Waals surface area contributed by atoms with Crippen molar-refractivity contribution in [2.75, 3.05) is 5.32 Å². The van der Waals surface area contributed by atoms with Gasteiger partial charge in [-0.15, -0.1) is 12.4 Å². The number of para-hydroxylation sites is 1. The first-order valence-electron chi connectivity index (χ1n) is 7.09. The van der Waals surface area contributed by atoms with Crippen molar-refractivity contribution >= 4 is 34.9 Å². The Bertz CT molecular complexity index is 928. The first-order chi connectivity index (χ1) is 11.0. The minimum Gasteiger partial charge on any atom is -0.322 e. The van der Waals surface area contributed by atoms with Crippen LogP contribution in [-0.2, 0) is 0 Å². The van der Waals surface area contributed by atoms with E-state index in [4.69, 9.17) is 0 Å². The Morgan fingerprint density at radius 3 is 2.46 bits per heavy atom. The highest BCUT2D eigenvalue weighted by Gasteiger charge is 2.17. The number of nitrogens with zero attached hydrogens (tertiary/aromatic N) is 1. The number of aryl methyl sites for hydroxylation is 2. The largest absolute Gasteiger partial charge is 0.322 e. The number of carbonyl (C=O) groups excluding carboxylic acids is 1. The standard InChI is InChI=1S/C18H14F2N2O.ClH/c1-10-13-5-3-4-6-16(13)21-11(2)17(10)18(23)22-12-7-8-14(19)15(20)9-12;/h3-9H,1-2H3,(H,22,23);1H. The lowest BCUT2D eigenvalue weighted by Gasteiger charge is -2.12. The van der Waals surface area contributed by atoms with Crippen LogP contribution in [0.1, 0.15) is 21.6 Å². The molecule has 1 aromatic heterocycles. The molecule has 2 aromatic carbocycles. The van der Waals surface area contributed by atoms with E-state index in [1.807, 2.05) is 31.2 Å². The Kier molecular flexibility index (Phi) is 5.14. The molecule has 0 unspecified atom stereocenters. The van der Waals surface area contributed by atoms with Gasteiger partial charge >= 0.3 is 0 Å². The average Bonchev–Trinajstić information content (AvgIpc) is 2.51. The first kappa shape index (κ1) is 17.8. The van der Waals surface area contributed by atoms with Gasteiger partial charge in [0.05, 0.1) is 16.8 Å². The zero-order valence-corrected chi connectivity index (χ0v) is 13.9. The molecular formula is C18H15ClF2N2O. The maximum atomic E-state index is 13.3. The predicted molar refractivity (Wildman–Crippen MR) is 92.8 cm³/mol. The molecule has 0 saturated carbocycles. The quantitative estimate of drug-likeness (QED) is 0.722. The van der Waals surface area contributed by atoms with Gasteiger partial charge < -0.3 is 5.32 Å². The van der Waals surface area contributed by atoms with Crippen molar-refractivity contribution in [2.45, 2.75) is 13.8 Å². The SMILES string of the molecule is Cc1nc2ccccc2c(C)c1C(=O)Nc1ccc(F)c(F)c1.Cl. The van der Waals surface area contributed by atoms with Crippen LogP contribution >= 0.6 is 12.4 Å². The third-order valence-electron chi connectivity index (χ3n) is 3.74. The van der Waals surface area contributed by atoms with Gasteiger partial charge in [0, 0.05) is 17.1 Å². The smallest absolute Gasteiger partial charge is 0.257 e. The number of hydrogen-bond acceptors (Lipinski definition) is 2. The van der Waals surface area contributed by atoms with Crippen molar-refractivity contribution in [3.8, 4) is 0 Å². The van der Waals surface area contributed by atoms with Gasteiger partial charge in [0.2, 0.25) is 0 Å². The van der Waals surface area contributed by atoms with Crippen LogP contribution in [0.5, 0.6) is 0 Å². The number of hydrogen-bond donors (Lipinski definition) is 1. The molecule has 0 fully saturated rings. The van der Waals surface area contributed by atoms with E-state index in [1.54, 1.807) is 6.92 Å². The lowest BCUT2D eigenvalue weighted by molar-refractivity contribution is 0.102. The third kappa shape index (κ3) is 3.21. The van der Waals surface area contributed by atoms with Crippen LogP contribution in [0.25, 0.3) is 10.9 Å². The Labute approximate surface area is 144 Å². The van der Waals surface area contributed by atoms with E-state index in [2.05, 4.69) is 10.3 Å². The van der Waals surface area contributed by atoms with Gasteiger partial charge in [-0.2, -0.15) is 0 Å². The van der Waals surface area contributed by atoms with E-state index >= 15 is 0 Å². The van der Waals surface area contributed by atoms with Crippen molar-refractivity contribution in [3.05, 3.63) is 70.9 Å². The predicted octanol–water partition coefficient (Wildman–Crippen LogP) is 4.80. The van der Waals surface area contributed by atoms with Crippen molar-refractivity contribution in [1.82, 2.24) is 4.98 Å². The third-order valence-corrected chi connectivity index (χ3v) is 3.74. The summed E-state index contributed by atoms with van der Waals surface area (Å²) >= 11 is 0. The minimum absolute atomic E-state index is 0. The molecule has 0 radical (unpaired) electrons. The Hall–Kier alpha value is -2.53. The molecular weight excluding hydrogens is 334 g/mol. The van der Waals surface area contributed by atoms with E-state index in [0.29, 0.717) is 11.3 Å². The second-order valence-corrected chi connectivity index (χ2v) is 5.30. The summed E-state index contributed by atoms with van der Waals surface area (Å²) in [6.45, 7) is 3.59. The van der Waals surface area contributed by atoms with E-state index < -0.39 is 17.5 Å². The number of rotatable bonds is 2. The van der Waals surface area contributed by atoms with E-state index in [-0.39, 0.29) is 18.1 Å². The number of carbonyl (C=O) groups is 1. The summed E-state index contributed by atoms with van der Waals surface area (Å²) in [5, 5.41) is 3.47. The topological polar surface area (TPSA) is 42.0 Å². The molecule has 6 heteroatoms. The summed E-state index contributed by atoms with van der Waals surface area (Å²) in [4.78, 5) is 17.0. The van der Waals surface area contributed by atoms with Crippen LogP contribution in [0.4, 0.5) is 14.5 Å². The molecule has 0 aliphatic carbocycles. The van der Waals surface area contributed by atoms with Gasteiger partial charge in [-0.05, 0) is 37.6 Å². The molecule has 0 bridgehead atoms. The van der Waals surface area contributed by atoms with Crippen molar-refractivity contribution in [2.24, 2.45) is 0 Å². The Morgan fingerprint density at radius 2 is 1.75 bits per heavy atom. The molecule has 0 aliphatic heterocycles. The lowest BCUT2D eigenvalue weighted by atomic mass is 10.0. The maximum Gasteiger partial charge on any atom is 0.257 e. The van der Waals surface area contributed by atoms with Crippen LogP contribution in [0.2, 0.25) is 0 Å². The van der Waals surface area contributed by atoms with E-state index in [9.17, 15) is 13.6 Å². The number of benzene rings is 2. The van der Waals surface area contributed by atoms with Gasteiger partial charge in [0.15, 0.2) is 11.6 Å². The van der Waals surface area contributed by atoms with Gasteiger partial charge in [0.25, 0.3) is 5.91 Å². The highest BCUT2D eigenvalue weighted by molar-refractivity contribution is 6.08. The summed E-state index contributed by atoms with van der Waals surface area (Å²) in [7, 11) is 0. The second kappa shape index (κ2) is 6.93. The fourth-order valence-corrected chi connectivity index (χ4v) is 2.63. The number of halogens is 3. The molecule has 1 amide bonds. The van der Waals surface area contributed by atoms with Crippen LogP contribution in [-0.4, -0.2) is 10.9 Å². The summed E-state index contributed by atoms with van der Waals surface area (Å²) < 4.78 is 26.2. The molecule has 0 spiro atoms. The Balaban J connectivity index is 0.00000208. The zero-order chi connectivity index (χ0) is 16.6. The normalized spacial score (nSPS) is 10.3. The Morgan fingerprint density at radius 1 is 1.04 bits per heavy atom. The van der Waals surface area contributed by atoms with Gasteiger partial charge in [0.1, 0.15) is 0 Å². The highest BCUT2D eigenvalue weighted by Crippen LogP contribution is 2.23. The molecule has 1 N–H and O–H groups in total. The van der Waals surface area contributed by atoms with Crippen molar-refractivity contribution in [1.29, 1.82) is 0 Å². The van der Waals surface area contributed by atoms with Crippen LogP contribution in [0.15, 0.2) is 42.5 Å². The number of amides is 1. The lowest BCUT2D eigenvalue weighted by Crippen LogP contribution is -2.16. The zero-order valence-electron chi connectivity index (χ0n) is 13.1. The number of pyridine rings is 1. The number of aromatic nitrogens is 1. The summed E-state index contributed by atoms with van der Waals surface area (Å²) in [5.74, 6) is -2.36. The highest BCUT2D eigenvalue weighted by atomic mass is 35.5.